The van der Waals surface area contributed by atoms with Crippen molar-refractivity contribution >= 4 is 16.9 Å². The Hall–Kier alpha value is -3.29. The number of alkyl halides is 3. The first kappa shape index (κ1) is 18.5. The Bertz CT molecular complexity index is 1070. The third-order valence-corrected chi connectivity index (χ3v) is 3.61. The molecule has 5 nitrogen and oxygen atoms in total. The minimum Gasteiger partial charge on any atom is -0.449 e. The Kier molecular flexibility index (Phi) is 4.65. The quantitative estimate of drug-likeness (QED) is 0.482. The lowest BCUT2D eigenvalue weighted by Gasteiger charge is -2.14. The van der Waals surface area contributed by atoms with Gasteiger partial charge in [-0.25, -0.2) is 0 Å². The van der Waals surface area contributed by atoms with Gasteiger partial charge in [0.1, 0.15) is 17.1 Å². The van der Waals surface area contributed by atoms with Crippen LogP contribution in [-0.4, -0.2) is 5.97 Å². The van der Waals surface area contributed by atoms with E-state index < -0.39 is 29.1 Å². The zero-order chi connectivity index (χ0) is 19.8. The summed E-state index contributed by atoms with van der Waals surface area (Å²) < 4.78 is 55.5. The minimum atomic E-state index is -4.97. The molecule has 1 heterocycles. The van der Waals surface area contributed by atoms with Crippen LogP contribution in [0.2, 0.25) is 0 Å². The van der Waals surface area contributed by atoms with Crippen LogP contribution in [0.1, 0.15) is 18.2 Å². The van der Waals surface area contributed by atoms with Gasteiger partial charge in [-0.1, -0.05) is 18.2 Å². The molecule has 0 atom stereocenters. The summed E-state index contributed by atoms with van der Waals surface area (Å²) in [5.41, 5.74) is -1.05. The molecule has 0 unspecified atom stereocenters. The van der Waals surface area contributed by atoms with Crippen molar-refractivity contribution < 1.29 is 31.9 Å². The predicted octanol–water partition coefficient (Wildman–Crippen LogP) is 4.84. The van der Waals surface area contributed by atoms with Crippen LogP contribution in [0.3, 0.4) is 0 Å². The van der Waals surface area contributed by atoms with Gasteiger partial charge in [0.2, 0.25) is 11.2 Å². The molecule has 0 saturated carbocycles. The first-order valence-electron chi connectivity index (χ1n) is 7.77. The first-order chi connectivity index (χ1) is 12.7. The number of rotatable bonds is 3. The number of hydrogen-bond acceptors (Lipinski definition) is 5. The SMILES string of the molecule is CC(=O)Oc1cc(C)c2c(=O)c(Oc3ccccc3)c(C(F)(F)F)oc2c1. The summed E-state index contributed by atoms with van der Waals surface area (Å²) in [5, 5.41) is -0.0927. The monoisotopic (exact) mass is 378 g/mol. The van der Waals surface area contributed by atoms with Crippen LogP contribution in [0.25, 0.3) is 11.0 Å². The van der Waals surface area contributed by atoms with Crippen LogP contribution in [0, 0.1) is 6.92 Å². The number of esters is 1. The van der Waals surface area contributed by atoms with Gasteiger partial charge in [0.25, 0.3) is 5.76 Å². The zero-order valence-electron chi connectivity index (χ0n) is 14.2. The van der Waals surface area contributed by atoms with E-state index in [2.05, 4.69) is 0 Å². The summed E-state index contributed by atoms with van der Waals surface area (Å²) in [6.45, 7) is 2.64. The van der Waals surface area contributed by atoms with E-state index in [1.54, 1.807) is 18.2 Å². The van der Waals surface area contributed by atoms with Crippen LogP contribution in [0.15, 0.2) is 51.7 Å². The van der Waals surface area contributed by atoms with Gasteiger partial charge in [0.05, 0.1) is 5.39 Å². The van der Waals surface area contributed by atoms with Crippen LogP contribution < -0.4 is 14.9 Å². The van der Waals surface area contributed by atoms with Crippen molar-refractivity contribution in [1.29, 1.82) is 0 Å². The smallest absolute Gasteiger partial charge is 0.449 e. The van der Waals surface area contributed by atoms with E-state index in [4.69, 9.17) is 13.9 Å². The number of carbonyl (C=O) groups excluding carboxylic acids is 1. The highest BCUT2D eigenvalue weighted by atomic mass is 19.4. The van der Waals surface area contributed by atoms with E-state index in [9.17, 15) is 22.8 Å². The molecule has 0 fully saturated rings. The number of ether oxygens (including phenoxy) is 2. The van der Waals surface area contributed by atoms with Crippen LogP contribution in [-0.2, 0) is 11.0 Å². The maximum atomic E-state index is 13.5. The van der Waals surface area contributed by atoms with E-state index in [0.29, 0.717) is 0 Å². The Morgan fingerprint density at radius 1 is 1.07 bits per heavy atom. The molecule has 2 aromatic carbocycles. The fraction of sp³-hybridized carbons (Fsp3) is 0.158. The normalized spacial score (nSPS) is 11.4. The van der Waals surface area contributed by atoms with E-state index in [1.807, 2.05) is 0 Å². The largest absolute Gasteiger partial charge is 0.453 e. The van der Waals surface area contributed by atoms with Gasteiger partial charge in [0, 0.05) is 13.0 Å². The lowest BCUT2D eigenvalue weighted by atomic mass is 10.1. The van der Waals surface area contributed by atoms with Crippen molar-refractivity contribution in [3.63, 3.8) is 0 Å². The van der Waals surface area contributed by atoms with Crippen molar-refractivity contribution in [1.82, 2.24) is 0 Å². The van der Waals surface area contributed by atoms with Gasteiger partial charge in [-0.15, -0.1) is 0 Å². The van der Waals surface area contributed by atoms with Gasteiger partial charge in [-0.2, -0.15) is 13.2 Å². The standard InChI is InChI=1S/C19H13F3O5/c1-10-8-13(25-11(2)23)9-14-15(10)16(24)17(18(27-14)19(20,21)22)26-12-6-4-3-5-7-12/h3-9H,1-2H3. The fourth-order valence-corrected chi connectivity index (χ4v) is 2.58. The second-order valence-corrected chi connectivity index (χ2v) is 5.71. The number of carbonyl (C=O) groups is 1. The topological polar surface area (TPSA) is 65.7 Å². The molecule has 1 aromatic heterocycles. The van der Waals surface area contributed by atoms with Crippen molar-refractivity contribution in [3.8, 4) is 17.2 Å². The van der Waals surface area contributed by atoms with Crippen molar-refractivity contribution in [3.05, 3.63) is 64.0 Å². The highest BCUT2D eigenvalue weighted by Crippen LogP contribution is 2.39. The maximum Gasteiger partial charge on any atom is 0.453 e. The summed E-state index contributed by atoms with van der Waals surface area (Å²) >= 11 is 0. The molecule has 27 heavy (non-hydrogen) atoms. The van der Waals surface area contributed by atoms with Crippen LogP contribution in [0.5, 0.6) is 17.2 Å². The number of benzene rings is 2. The highest BCUT2D eigenvalue weighted by Gasteiger charge is 2.40. The van der Waals surface area contributed by atoms with Gasteiger partial charge < -0.3 is 13.9 Å². The van der Waals surface area contributed by atoms with Crippen molar-refractivity contribution in [2.24, 2.45) is 0 Å². The molecule has 0 spiro atoms. The van der Waals surface area contributed by atoms with Gasteiger partial charge >= 0.3 is 12.1 Å². The number of aryl methyl sites for hydroxylation is 1. The summed E-state index contributed by atoms with van der Waals surface area (Å²) in [5.74, 6) is -3.15. The first-order valence-corrected chi connectivity index (χ1v) is 7.77. The predicted molar refractivity (Wildman–Crippen MR) is 90.0 cm³/mol. The van der Waals surface area contributed by atoms with Gasteiger partial charge in [-0.05, 0) is 30.7 Å². The molecule has 0 amide bonds. The number of halogens is 3. The molecule has 0 saturated heterocycles. The summed E-state index contributed by atoms with van der Waals surface area (Å²) in [6, 6.07) is 10.0. The molecule has 0 N–H and O–H groups in total. The average molecular weight is 378 g/mol. The number of para-hydroxylation sites is 1. The third kappa shape index (κ3) is 3.79. The number of hydrogen-bond donors (Lipinski definition) is 0. The molecule has 8 heteroatoms. The van der Waals surface area contributed by atoms with E-state index in [1.165, 1.54) is 25.1 Å². The van der Waals surface area contributed by atoms with Crippen molar-refractivity contribution in [2.75, 3.05) is 0 Å². The van der Waals surface area contributed by atoms with Gasteiger partial charge in [0.15, 0.2) is 0 Å². The molecule has 3 rings (SSSR count). The third-order valence-electron chi connectivity index (χ3n) is 3.61. The zero-order valence-corrected chi connectivity index (χ0v) is 14.2. The van der Waals surface area contributed by atoms with Crippen molar-refractivity contribution in [2.45, 2.75) is 20.0 Å². The fourth-order valence-electron chi connectivity index (χ4n) is 2.58. The molecule has 0 aliphatic rings. The Balaban J connectivity index is 2.28. The molecular weight excluding hydrogens is 365 g/mol. The molecule has 140 valence electrons. The van der Waals surface area contributed by atoms with E-state index in [0.717, 1.165) is 13.0 Å². The van der Waals surface area contributed by atoms with E-state index >= 15 is 0 Å². The number of fused-ring (bicyclic) bond motifs is 1. The van der Waals surface area contributed by atoms with Gasteiger partial charge in [-0.3, -0.25) is 9.59 Å². The summed E-state index contributed by atoms with van der Waals surface area (Å²) in [7, 11) is 0. The lowest BCUT2D eigenvalue weighted by Crippen LogP contribution is -2.16. The summed E-state index contributed by atoms with van der Waals surface area (Å²) in [6.07, 6.45) is -4.97. The lowest BCUT2D eigenvalue weighted by molar-refractivity contribution is -0.154. The Labute approximate surface area is 150 Å². The Morgan fingerprint density at radius 3 is 2.33 bits per heavy atom. The molecule has 0 radical (unpaired) electrons. The highest BCUT2D eigenvalue weighted by molar-refractivity contribution is 5.84. The molecular formula is C19H13F3O5. The molecule has 0 bridgehead atoms. The second-order valence-electron chi connectivity index (χ2n) is 5.71. The molecule has 3 aromatic rings. The van der Waals surface area contributed by atoms with Crippen LogP contribution >= 0.6 is 0 Å². The average Bonchev–Trinajstić information content (AvgIpc) is 2.56. The van der Waals surface area contributed by atoms with Crippen LogP contribution in [0.4, 0.5) is 13.2 Å². The molecule has 0 aliphatic carbocycles. The second kappa shape index (κ2) is 6.79. The molecule has 0 aliphatic heterocycles. The maximum absolute atomic E-state index is 13.5. The Morgan fingerprint density at radius 2 is 1.74 bits per heavy atom. The van der Waals surface area contributed by atoms with E-state index in [-0.39, 0.29) is 28.0 Å². The summed E-state index contributed by atoms with van der Waals surface area (Å²) in [4.78, 5) is 23.9. The minimum absolute atomic E-state index is 0.0273.